The summed E-state index contributed by atoms with van der Waals surface area (Å²) in [5.74, 6) is 1.88. The summed E-state index contributed by atoms with van der Waals surface area (Å²) < 4.78 is 2.08. The summed E-state index contributed by atoms with van der Waals surface area (Å²) in [5, 5.41) is 11.8. The molecule has 0 saturated carbocycles. The molecule has 156 valence electrons. The number of fused-ring (bicyclic) bond motifs is 1. The van der Waals surface area contributed by atoms with Crippen LogP contribution in [0.25, 0.3) is 0 Å². The van der Waals surface area contributed by atoms with Crippen molar-refractivity contribution in [2.24, 2.45) is 5.92 Å². The summed E-state index contributed by atoms with van der Waals surface area (Å²) in [5.41, 5.74) is 0.744. The van der Waals surface area contributed by atoms with Crippen molar-refractivity contribution in [1.29, 1.82) is 0 Å². The average Bonchev–Trinajstić information content (AvgIpc) is 3.01. The Bertz CT molecular complexity index is 880. The van der Waals surface area contributed by atoms with Crippen LogP contribution in [0.1, 0.15) is 55.2 Å². The number of hydrogen-bond acceptors (Lipinski definition) is 5. The van der Waals surface area contributed by atoms with Gasteiger partial charge in [0.15, 0.2) is 5.82 Å². The molecule has 2 aromatic rings. The van der Waals surface area contributed by atoms with Crippen LogP contribution >= 0.6 is 11.8 Å². The average molecular weight is 416 g/mol. The normalized spacial score (nSPS) is 15.0. The summed E-state index contributed by atoms with van der Waals surface area (Å²) in [7, 11) is 0. The van der Waals surface area contributed by atoms with Gasteiger partial charge in [0.05, 0.1) is 11.6 Å². The lowest BCUT2D eigenvalue weighted by Gasteiger charge is -2.23. The van der Waals surface area contributed by atoms with E-state index in [9.17, 15) is 9.59 Å². The van der Waals surface area contributed by atoms with Crippen LogP contribution in [0.3, 0.4) is 0 Å². The van der Waals surface area contributed by atoms with Gasteiger partial charge in [-0.15, -0.1) is 22.0 Å². The first-order chi connectivity index (χ1) is 14.0. The fourth-order valence-electron chi connectivity index (χ4n) is 3.57. The van der Waals surface area contributed by atoms with Crippen LogP contribution < -0.4 is 5.32 Å². The molecule has 3 rings (SSSR count). The fourth-order valence-corrected chi connectivity index (χ4v) is 4.16. The predicted molar refractivity (Wildman–Crippen MR) is 114 cm³/mol. The Labute approximate surface area is 176 Å². The molecule has 1 aromatic carbocycles. The monoisotopic (exact) mass is 415 g/mol. The third-order valence-electron chi connectivity index (χ3n) is 5.26. The maximum absolute atomic E-state index is 13.1. The van der Waals surface area contributed by atoms with Crippen molar-refractivity contribution in [1.82, 2.24) is 25.0 Å². The number of aromatic nitrogens is 3. The zero-order chi connectivity index (χ0) is 21.0. The lowest BCUT2D eigenvalue weighted by atomic mass is 10.0. The van der Waals surface area contributed by atoms with Gasteiger partial charge in [0.25, 0.3) is 5.91 Å². The van der Waals surface area contributed by atoms with Crippen molar-refractivity contribution in [3.05, 3.63) is 41.5 Å². The molecule has 1 aliphatic heterocycles. The lowest BCUT2D eigenvalue weighted by molar-refractivity contribution is -0.121. The van der Waals surface area contributed by atoms with E-state index < -0.39 is 0 Å². The number of benzene rings is 1. The number of rotatable bonds is 6. The second-order valence-corrected chi connectivity index (χ2v) is 8.36. The van der Waals surface area contributed by atoms with Crippen molar-refractivity contribution < 1.29 is 9.59 Å². The van der Waals surface area contributed by atoms with E-state index in [2.05, 4.69) is 33.9 Å². The van der Waals surface area contributed by atoms with Crippen LogP contribution in [0.15, 0.2) is 29.2 Å². The Kier molecular flexibility index (Phi) is 6.95. The topological polar surface area (TPSA) is 80.1 Å². The Hall–Kier alpha value is -2.35. The summed E-state index contributed by atoms with van der Waals surface area (Å²) in [6, 6.07) is 7.53. The predicted octanol–water partition coefficient (Wildman–Crippen LogP) is 2.92. The molecule has 2 amide bonds. The van der Waals surface area contributed by atoms with E-state index >= 15 is 0 Å². The Morgan fingerprint density at radius 1 is 1.17 bits per heavy atom. The van der Waals surface area contributed by atoms with Gasteiger partial charge in [-0.1, -0.05) is 32.9 Å². The highest BCUT2D eigenvalue weighted by Gasteiger charge is 2.28. The van der Waals surface area contributed by atoms with Crippen LogP contribution in [0.2, 0.25) is 0 Å². The standard InChI is InChI=1S/C21H29N5O2S/c1-5-18(27)22-19(14(2)3)20-24-23-17-10-11-25(12-13-26(17)20)21(28)15-8-6-7-9-16(15)29-4/h6-9,14,19H,5,10-13H2,1-4H3,(H,22,27)/t19-/m0/s1. The number of thioether (sulfide) groups is 1. The van der Waals surface area contributed by atoms with Gasteiger partial charge >= 0.3 is 0 Å². The van der Waals surface area contributed by atoms with Gasteiger partial charge in [-0.05, 0) is 24.3 Å². The van der Waals surface area contributed by atoms with E-state index in [1.165, 1.54) is 0 Å². The zero-order valence-corrected chi connectivity index (χ0v) is 18.3. The molecule has 1 atom stereocenters. The molecule has 1 N–H and O–H groups in total. The number of carbonyl (C=O) groups is 2. The molecular formula is C21H29N5O2S. The van der Waals surface area contributed by atoms with E-state index in [4.69, 9.17) is 0 Å². The highest BCUT2D eigenvalue weighted by Crippen LogP contribution is 2.25. The fraction of sp³-hybridized carbons (Fsp3) is 0.524. The highest BCUT2D eigenvalue weighted by molar-refractivity contribution is 7.98. The second-order valence-electron chi connectivity index (χ2n) is 7.51. The lowest BCUT2D eigenvalue weighted by Crippen LogP contribution is -2.35. The molecule has 0 bridgehead atoms. The van der Waals surface area contributed by atoms with Gasteiger partial charge < -0.3 is 14.8 Å². The largest absolute Gasteiger partial charge is 0.346 e. The molecule has 1 aliphatic rings. The summed E-state index contributed by atoms with van der Waals surface area (Å²) in [6.07, 6.45) is 3.06. The SMILES string of the molecule is CCC(=O)N[C@H](c1nnc2n1CCN(C(=O)c1ccccc1SC)CC2)C(C)C. The van der Waals surface area contributed by atoms with Gasteiger partial charge in [-0.2, -0.15) is 0 Å². The molecule has 0 unspecified atom stereocenters. The number of nitrogens with zero attached hydrogens (tertiary/aromatic N) is 4. The molecule has 8 heteroatoms. The quantitative estimate of drug-likeness (QED) is 0.734. The maximum Gasteiger partial charge on any atom is 0.255 e. The highest BCUT2D eigenvalue weighted by atomic mass is 32.2. The van der Waals surface area contributed by atoms with E-state index in [1.807, 2.05) is 42.3 Å². The van der Waals surface area contributed by atoms with Gasteiger partial charge in [0, 0.05) is 37.4 Å². The van der Waals surface area contributed by atoms with Crippen molar-refractivity contribution >= 4 is 23.6 Å². The molecule has 0 fully saturated rings. The van der Waals surface area contributed by atoms with E-state index in [0.717, 1.165) is 22.1 Å². The minimum absolute atomic E-state index is 0.000138. The molecule has 0 aliphatic carbocycles. The summed E-state index contributed by atoms with van der Waals surface area (Å²) >= 11 is 1.58. The second kappa shape index (κ2) is 9.43. The number of hydrogen-bond donors (Lipinski definition) is 1. The molecule has 2 heterocycles. The third-order valence-corrected chi connectivity index (χ3v) is 6.06. The first-order valence-corrected chi connectivity index (χ1v) is 11.3. The Balaban J connectivity index is 1.80. The molecule has 0 radical (unpaired) electrons. The molecule has 1 aromatic heterocycles. The minimum atomic E-state index is -0.192. The minimum Gasteiger partial charge on any atom is -0.346 e. The summed E-state index contributed by atoms with van der Waals surface area (Å²) in [4.78, 5) is 28.0. The van der Waals surface area contributed by atoms with Crippen molar-refractivity contribution in [3.8, 4) is 0 Å². The molecule has 0 saturated heterocycles. The Morgan fingerprint density at radius 2 is 1.93 bits per heavy atom. The van der Waals surface area contributed by atoms with Gasteiger partial charge in [0.1, 0.15) is 5.82 Å². The summed E-state index contributed by atoms with van der Waals surface area (Å²) in [6.45, 7) is 7.78. The van der Waals surface area contributed by atoms with Crippen molar-refractivity contribution in [3.63, 3.8) is 0 Å². The third kappa shape index (κ3) is 4.63. The smallest absolute Gasteiger partial charge is 0.255 e. The number of nitrogens with one attached hydrogen (secondary N) is 1. The maximum atomic E-state index is 13.1. The number of amides is 2. The van der Waals surface area contributed by atoms with E-state index in [1.54, 1.807) is 11.8 Å². The molecule has 7 nitrogen and oxygen atoms in total. The van der Waals surface area contributed by atoms with Gasteiger partial charge in [-0.25, -0.2) is 0 Å². The van der Waals surface area contributed by atoms with Crippen molar-refractivity contribution in [2.45, 2.75) is 51.1 Å². The van der Waals surface area contributed by atoms with Crippen molar-refractivity contribution in [2.75, 3.05) is 19.3 Å². The van der Waals surface area contributed by atoms with Crippen LogP contribution in [0.4, 0.5) is 0 Å². The van der Waals surface area contributed by atoms with E-state index in [-0.39, 0.29) is 23.8 Å². The molecule has 0 spiro atoms. The van der Waals surface area contributed by atoms with Crippen LogP contribution in [0, 0.1) is 5.92 Å². The molecule has 29 heavy (non-hydrogen) atoms. The van der Waals surface area contributed by atoms with Gasteiger partial charge in [-0.3, -0.25) is 9.59 Å². The van der Waals surface area contributed by atoms with Gasteiger partial charge in [0.2, 0.25) is 5.91 Å². The van der Waals surface area contributed by atoms with Crippen LogP contribution in [-0.2, 0) is 17.8 Å². The number of carbonyl (C=O) groups excluding carboxylic acids is 2. The first kappa shape index (κ1) is 21.4. The van der Waals surface area contributed by atoms with E-state index in [0.29, 0.717) is 32.5 Å². The zero-order valence-electron chi connectivity index (χ0n) is 17.5. The molecular weight excluding hydrogens is 386 g/mol. The van der Waals surface area contributed by atoms with Crippen LogP contribution in [0.5, 0.6) is 0 Å². The Morgan fingerprint density at radius 3 is 2.62 bits per heavy atom. The first-order valence-electron chi connectivity index (χ1n) is 10.1. The van der Waals surface area contributed by atoms with Crippen LogP contribution in [-0.4, -0.2) is 50.8 Å².